The van der Waals surface area contributed by atoms with Crippen LogP contribution in [0.4, 0.5) is 13.2 Å². The first kappa shape index (κ1) is 15.6. The second-order valence-corrected chi connectivity index (χ2v) is 4.80. The van der Waals surface area contributed by atoms with Crippen molar-refractivity contribution >= 4 is 12.0 Å². The summed E-state index contributed by atoms with van der Waals surface area (Å²) in [7, 11) is 0. The third kappa shape index (κ3) is 4.93. The fourth-order valence-corrected chi connectivity index (χ4v) is 2.18. The van der Waals surface area contributed by atoms with Gasteiger partial charge in [0, 0.05) is 12.7 Å². The van der Waals surface area contributed by atoms with Gasteiger partial charge in [-0.05, 0) is 31.1 Å². The highest BCUT2D eigenvalue weighted by atomic mass is 19.4. The molecule has 1 atom stereocenters. The van der Waals surface area contributed by atoms with E-state index in [2.05, 4.69) is 0 Å². The van der Waals surface area contributed by atoms with Crippen LogP contribution < -0.4 is 0 Å². The second kappa shape index (κ2) is 6.80. The summed E-state index contributed by atoms with van der Waals surface area (Å²) in [6.45, 7) is -0.619. The van der Waals surface area contributed by atoms with Gasteiger partial charge in [0.1, 0.15) is 12.3 Å². The van der Waals surface area contributed by atoms with Crippen molar-refractivity contribution in [1.29, 1.82) is 0 Å². The molecule has 1 aromatic rings. The van der Waals surface area contributed by atoms with Gasteiger partial charge < -0.3 is 14.1 Å². The molecule has 1 unspecified atom stereocenters. The molecule has 0 aromatic carbocycles. The van der Waals surface area contributed by atoms with E-state index in [0.717, 1.165) is 11.0 Å². The van der Waals surface area contributed by atoms with E-state index in [1.807, 2.05) is 0 Å². The SMILES string of the molecule is O=C(C=Cc1ccco1)N(CC(F)(F)F)C1CCCOC1. The number of halogens is 3. The Morgan fingerprint density at radius 1 is 1.48 bits per heavy atom. The van der Waals surface area contributed by atoms with Crippen LogP contribution in [0.15, 0.2) is 28.9 Å². The highest BCUT2D eigenvalue weighted by molar-refractivity contribution is 5.91. The van der Waals surface area contributed by atoms with Gasteiger partial charge in [0.15, 0.2) is 0 Å². The summed E-state index contributed by atoms with van der Waals surface area (Å²) in [5.74, 6) is -0.283. The molecule has 0 bridgehead atoms. The summed E-state index contributed by atoms with van der Waals surface area (Å²) < 4.78 is 48.2. The molecule has 0 aliphatic carbocycles. The lowest BCUT2D eigenvalue weighted by atomic mass is 10.1. The van der Waals surface area contributed by atoms with Crippen molar-refractivity contribution in [3.05, 3.63) is 30.2 Å². The van der Waals surface area contributed by atoms with Crippen molar-refractivity contribution in [2.45, 2.75) is 25.1 Å². The zero-order valence-electron chi connectivity index (χ0n) is 11.3. The number of furan rings is 1. The molecule has 0 saturated carbocycles. The van der Waals surface area contributed by atoms with E-state index < -0.39 is 24.7 Å². The van der Waals surface area contributed by atoms with Crippen molar-refractivity contribution < 1.29 is 27.1 Å². The van der Waals surface area contributed by atoms with Gasteiger partial charge in [0.05, 0.1) is 18.9 Å². The molecule has 1 amide bonds. The quantitative estimate of drug-likeness (QED) is 0.803. The molecule has 1 aliphatic rings. The molecule has 1 saturated heterocycles. The molecule has 116 valence electrons. The number of alkyl halides is 3. The fourth-order valence-electron chi connectivity index (χ4n) is 2.18. The molecule has 21 heavy (non-hydrogen) atoms. The maximum Gasteiger partial charge on any atom is 0.406 e. The molecule has 1 fully saturated rings. The Morgan fingerprint density at radius 2 is 2.29 bits per heavy atom. The lowest BCUT2D eigenvalue weighted by molar-refractivity contribution is -0.167. The first-order valence-electron chi connectivity index (χ1n) is 6.62. The van der Waals surface area contributed by atoms with Gasteiger partial charge in [-0.15, -0.1) is 0 Å². The van der Waals surface area contributed by atoms with Crippen LogP contribution in [0.5, 0.6) is 0 Å². The zero-order chi connectivity index (χ0) is 15.3. The van der Waals surface area contributed by atoms with Gasteiger partial charge in [-0.25, -0.2) is 0 Å². The van der Waals surface area contributed by atoms with Gasteiger partial charge in [-0.2, -0.15) is 13.2 Å². The number of rotatable bonds is 4. The summed E-state index contributed by atoms with van der Waals surface area (Å²) in [5, 5.41) is 0. The van der Waals surface area contributed by atoms with E-state index in [1.165, 1.54) is 12.3 Å². The predicted octanol–water partition coefficient (Wildman–Crippen LogP) is 2.86. The lowest BCUT2D eigenvalue weighted by Crippen LogP contribution is -2.48. The summed E-state index contributed by atoms with van der Waals surface area (Å²) in [5.41, 5.74) is 0. The fraction of sp³-hybridized carbons (Fsp3) is 0.500. The van der Waals surface area contributed by atoms with Crippen LogP contribution in [-0.4, -0.2) is 42.8 Å². The van der Waals surface area contributed by atoms with Gasteiger partial charge in [-0.1, -0.05) is 0 Å². The van der Waals surface area contributed by atoms with Crippen LogP contribution in [0.25, 0.3) is 6.08 Å². The molecular formula is C14H16F3NO3. The normalized spacial score (nSPS) is 19.9. The zero-order valence-corrected chi connectivity index (χ0v) is 11.3. The predicted molar refractivity (Wildman–Crippen MR) is 69.4 cm³/mol. The van der Waals surface area contributed by atoms with Crippen molar-refractivity contribution in [2.24, 2.45) is 0 Å². The van der Waals surface area contributed by atoms with Crippen molar-refractivity contribution in [3.8, 4) is 0 Å². The molecule has 7 heteroatoms. The highest BCUT2D eigenvalue weighted by Gasteiger charge is 2.36. The largest absolute Gasteiger partial charge is 0.465 e. The second-order valence-electron chi connectivity index (χ2n) is 4.80. The smallest absolute Gasteiger partial charge is 0.406 e. The number of nitrogens with zero attached hydrogens (tertiary/aromatic N) is 1. The van der Waals surface area contributed by atoms with Crippen LogP contribution in [-0.2, 0) is 9.53 Å². The molecule has 2 rings (SSSR count). The standard InChI is InChI=1S/C14H16F3NO3/c15-14(16,17)10-18(11-3-1-7-20-9-11)13(19)6-5-12-4-2-8-21-12/h2,4-6,8,11H,1,3,7,9-10H2. The molecular weight excluding hydrogens is 287 g/mol. The summed E-state index contributed by atoms with van der Waals surface area (Å²) in [6, 6.07) is 2.70. The van der Waals surface area contributed by atoms with E-state index in [-0.39, 0.29) is 6.61 Å². The Hall–Kier alpha value is -1.76. The van der Waals surface area contributed by atoms with E-state index in [1.54, 1.807) is 12.1 Å². The van der Waals surface area contributed by atoms with Gasteiger partial charge >= 0.3 is 6.18 Å². The minimum atomic E-state index is -4.44. The van der Waals surface area contributed by atoms with E-state index in [4.69, 9.17) is 9.15 Å². The Balaban J connectivity index is 2.07. The monoisotopic (exact) mass is 303 g/mol. The van der Waals surface area contributed by atoms with Gasteiger partial charge in [-0.3, -0.25) is 4.79 Å². The number of hydrogen-bond donors (Lipinski definition) is 0. The Kier molecular flexibility index (Phi) is 5.06. The molecule has 0 N–H and O–H groups in total. The Bertz CT molecular complexity index is 476. The van der Waals surface area contributed by atoms with E-state index in [9.17, 15) is 18.0 Å². The van der Waals surface area contributed by atoms with Crippen LogP contribution >= 0.6 is 0 Å². The number of carbonyl (C=O) groups is 1. The Labute approximate surface area is 120 Å². The average molecular weight is 303 g/mol. The summed E-state index contributed by atoms with van der Waals surface area (Å²) >= 11 is 0. The minimum Gasteiger partial charge on any atom is -0.465 e. The molecule has 2 heterocycles. The van der Waals surface area contributed by atoms with E-state index in [0.29, 0.717) is 25.2 Å². The molecule has 1 aliphatic heterocycles. The van der Waals surface area contributed by atoms with Crippen LogP contribution in [0.2, 0.25) is 0 Å². The number of ether oxygens (including phenoxy) is 1. The maximum absolute atomic E-state index is 12.7. The first-order valence-corrected chi connectivity index (χ1v) is 6.62. The van der Waals surface area contributed by atoms with Crippen LogP contribution in [0.1, 0.15) is 18.6 Å². The number of hydrogen-bond acceptors (Lipinski definition) is 3. The van der Waals surface area contributed by atoms with Crippen molar-refractivity contribution in [1.82, 2.24) is 4.90 Å². The maximum atomic E-state index is 12.7. The van der Waals surface area contributed by atoms with Crippen molar-refractivity contribution in [3.63, 3.8) is 0 Å². The Morgan fingerprint density at radius 3 is 2.86 bits per heavy atom. The molecule has 0 spiro atoms. The summed E-state index contributed by atoms with van der Waals surface area (Å²) in [4.78, 5) is 12.9. The third-order valence-electron chi connectivity index (χ3n) is 3.14. The van der Waals surface area contributed by atoms with Crippen LogP contribution in [0.3, 0.4) is 0 Å². The molecule has 1 aromatic heterocycles. The average Bonchev–Trinajstić information content (AvgIpc) is 2.95. The topological polar surface area (TPSA) is 42.7 Å². The highest BCUT2D eigenvalue weighted by Crippen LogP contribution is 2.22. The molecule has 0 radical (unpaired) electrons. The van der Waals surface area contributed by atoms with Gasteiger partial charge in [0.25, 0.3) is 0 Å². The lowest BCUT2D eigenvalue weighted by Gasteiger charge is -2.34. The van der Waals surface area contributed by atoms with Crippen molar-refractivity contribution in [2.75, 3.05) is 19.8 Å². The summed E-state index contributed by atoms with van der Waals surface area (Å²) in [6.07, 6.45) is 0.595. The third-order valence-corrected chi connectivity index (χ3v) is 3.14. The van der Waals surface area contributed by atoms with E-state index >= 15 is 0 Å². The molecule has 4 nitrogen and oxygen atoms in total. The first-order chi connectivity index (χ1) is 9.96. The minimum absolute atomic E-state index is 0.135. The van der Waals surface area contributed by atoms with Crippen LogP contribution in [0, 0.1) is 0 Å². The number of carbonyl (C=O) groups excluding carboxylic acids is 1. The number of amides is 1. The van der Waals surface area contributed by atoms with Gasteiger partial charge in [0.2, 0.25) is 5.91 Å².